The molecule has 1 atom stereocenters. The summed E-state index contributed by atoms with van der Waals surface area (Å²) in [6, 6.07) is 0.309. The summed E-state index contributed by atoms with van der Waals surface area (Å²) in [5, 5.41) is 3.08. The molecule has 1 saturated heterocycles. The monoisotopic (exact) mass is 155 g/mol. The van der Waals surface area contributed by atoms with Crippen molar-refractivity contribution in [3.8, 4) is 0 Å². The normalized spacial score (nSPS) is 25.5. The summed E-state index contributed by atoms with van der Waals surface area (Å²) >= 11 is 0. The SMILES string of the molecule is C/C=C/CC1COC(=O)CN1. The molecular formula is C8H13NO2. The molecule has 1 aliphatic heterocycles. The molecule has 0 saturated carbocycles. The standard InChI is InChI=1S/C8H13NO2/c1-2-3-4-7-6-11-8(10)5-9-7/h2-3,7,9H,4-6H2,1H3/b3-2+. The molecule has 1 N–H and O–H groups in total. The van der Waals surface area contributed by atoms with Gasteiger partial charge < -0.3 is 10.1 Å². The van der Waals surface area contributed by atoms with Crippen LogP contribution in [0.3, 0.4) is 0 Å². The number of hydrogen-bond donors (Lipinski definition) is 1. The third kappa shape index (κ3) is 2.72. The topological polar surface area (TPSA) is 38.3 Å². The van der Waals surface area contributed by atoms with E-state index in [1.54, 1.807) is 0 Å². The van der Waals surface area contributed by atoms with E-state index in [1.165, 1.54) is 0 Å². The number of morpholine rings is 1. The van der Waals surface area contributed by atoms with Gasteiger partial charge in [0.25, 0.3) is 0 Å². The second kappa shape index (κ2) is 4.13. The largest absolute Gasteiger partial charge is 0.463 e. The van der Waals surface area contributed by atoms with Crippen LogP contribution in [0, 0.1) is 0 Å². The number of allylic oxidation sites excluding steroid dienone is 1. The summed E-state index contributed by atoms with van der Waals surface area (Å²) in [6.07, 6.45) is 5.00. The lowest BCUT2D eigenvalue weighted by Gasteiger charge is -2.21. The van der Waals surface area contributed by atoms with Gasteiger partial charge in [-0.2, -0.15) is 0 Å². The first kappa shape index (κ1) is 8.27. The van der Waals surface area contributed by atoms with Gasteiger partial charge in [0.15, 0.2) is 0 Å². The van der Waals surface area contributed by atoms with Crippen molar-refractivity contribution < 1.29 is 9.53 Å². The molecule has 1 rings (SSSR count). The molecule has 1 unspecified atom stereocenters. The highest BCUT2D eigenvalue weighted by molar-refractivity contribution is 5.72. The van der Waals surface area contributed by atoms with E-state index < -0.39 is 0 Å². The Morgan fingerprint density at radius 1 is 1.82 bits per heavy atom. The number of ether oxygens (including phenoxy) is 1. The second-order valence-corrected chi connectivity index (χ2v) is 2.57. The summed E-state index contributed by atoms with van der Waals surface area (Å²) in [5.41, 5.74) is 0. The molecule has 1 fully saturated rings. The number of rotatable bonds is 2. The number of nitrogens with one attached hydrogen (secondary N) is 1. The van der Waals surface area contributed by atoms with E-state index in [0.717, 1.165) is 6.42 Å². The zero-order valence-corrected chi connectivity index (χ0v) is 6.67. The Balaban J connectivity index is 2.22. The molecule has 3 nitrogen and oxygen atoms in total. The van der Waals surface area contributed by atoms with Crippen LogP contribution >= 0.6 is 0 Å². The van der Waals surface area contributed by atoms with Crippen LogP contribution < -0.4 is 5.32 Å². The Hall–Kier alpha value is -0.830. The van der Waals surface area contributed by atoms with Gasteiger partial charge >= 0.3 is 5.97 Å². The lowest BCUT2D eigenvalue weighted by atomic mass is 10.2. The highest BCUT2D eigenvalue weighted by atomic mass is 16.5. The van der Waals surface area contributed by atoms with E-state index in [9.17, 15) is 4.79 Å². The molecule has 11 heavy (non-hydrogen) atoms. The fourth-order valence-electron chi connectivity index (χ4n) is 0.983. The van der Waals surface area contributed by atoms with E-state index in [1.807, 2.05) is 13.0 Å². The van der Waals surface area contributed by atoms with Crippen LogP contribution in [0.25, 0.3) is 0 Å². The number of cyclic esters (lactones) is 1. The summed E-state index contributed by atoms with van der Waals surface area (Å²) in [6.45, 7) is 2.83. The van der Waals surface area contributed by atoms with Crippen LogP contribution in [0.4, 0.5) is 0 Å². The lowest BCUT2D eigenvalue weighted by Crippen LogP contribution is -2.43. The smallest absolute Gasteiger partial charge is 0.319 e. The summed E-state index contributed by atoms with van der Waals surface area (Å²) in [7, 11) is 0. The van der Waals surface area contributed by atoms with Crippen molar-refractivity contribution in [1.82, 2.24) is 5.32 Å². The van der Waals surface area contributed by atoms with Crippen LogP contribution in [0.2, 0.25) is 0 Å². The van der Waals surface area contributed by atoms with Crippen molar-refractivity contribution in [2.75, 3.05) is 13.2 Å². The molecule has 0 spiro atoms. The van der Waals surface area contributed by atoms with Crippen molar-refractivity contribution in [3.05, 3.63) is 12.2 Å². The minimum absolute atomic E-state index is 0.151. The third-order valence-corrected chi connectivity index (χ3v) is 1.64. The average molecular weight is 155 g/mol. The Labute approximate surface area is 66.4 Å². The number of hydrogen-bond acceptors (Lipinski definition) is 3. The minimum atomic E-state index is -0.151. The maximum absolute atomic E-state index is 10.6. The molecule has 0 radical (unpaired) electrons. The maximum atomic E-state index is 10.6. The van der Waals surface area contributed by atoms with Gasteiger partial charge in [0.2, 0.25) is 0 Å². The number of esters is 1. The Morgan fingerprint density at radius 3 is 3.18 bits per heavy atom. The maximum Gasteiger partial charge on any atom is 0.319 e. The Bertz CT molecular complexity index is 155. The van der Waals surface area contributed by atoms with Gasteiger partial charge in [0, 0.05) is 6.04 Å². The van der Waals surface area contributed by atoms with Gasteiger partial charge in [-0.05, 0) is 13.3 Å². The van der Waals surface area contributed by atoms with Crippen LogP contribution in [0.5, 0.6) is 0 Å². The zero-order valence-electron chi connectivity index (χ0n) is 6.67. The van der Waals surface area contributed by atoms with Crippen LogP contribution in [-0.4, -0.2) is 25.2 Å². The molecule has 0 aromatic heterocycles. The summed E-state index contributed by atoms with van der Waals surface area (Å²) < 4.78 is 4.85. The van der Waals surface area contributed by atoms with E-state index in [2.05, 4.69) is 11.4 Å². The molecule has 0 amide bonds. The lowest BCUT2D eigenvalue weighted by molar-refractivity contribution is -0.146. The van der Waals surface area contributed by atoms with Gasteiger partial charge in [-0.25, -0.2) is 0 Å². The summed E-state index contributed by atoms with van der Waals surface area (Å²) in [5.74, 6) is -0.151. The van der Waals surface area contributed by atoms with Crippen LogP contribution in [0.15, 0.2) is 12.2 Å². The predicted molar refractivity (Wildman–Crippen MR) is 42.2 cm³/mol. The molecule has 62 valence electrons. The van der Waals surface area contributed by atoms with Gasteiger partial charge in [0.1, 0.15) is 6.61 Å². The highest BCUT2D eigenvalue weighted by Crippen LogP contribution is 1.99. The molecule has 0 aromatic rings. The molecule has 0 aliphatic carbocycles. The fraction of sp³-hybridized carbons (Fsp3) is 0.625. The quantitative estimate of drug-likeness (QED) is 0.465. The predicted octanol–water partition coefficient (Wildman–Crippen LogP) is 0.468. The van der Waals surface area contributed by atoms with Crippen molar-refractivity contribution in [1.29, 1.82) is 0 Å². The van der Waals surface area contributed by atoms with Gasteiger partial charge in [-0.15, -0.1) is 0 Å². The average Bonchev–Trinajstić information content (AvgIpc) is 2.04. The van der Waals surface area contributed by atoms with E-state index >= 15 is 0 Å². The summed E-state index contributed by atoms with van der Waals surface area (Å²) in [4.78, 5) is 10.6. The van der Waals surface area contributed by atoms with E-state index in [-0.39, 0.29) is 5.97 Å². The fourth-order valence-corrected chi connectivity index (χ4v) is 0.983. The number of carbonyl (C=O) groups is 1. The Kier molecular flexibility index (Phi) is 3.11. The second-order valence-electron chi connectivity index (χ2n) is 2.57. The first-order chi connectivity index (χ1) is 5.33. The molecule has 1 aliphatic rings. The molecule has 0 aromatic carbocycles. The first-order valence-corrected chi connectivity index (χ1v) is 3.83. The van der Waals surface area contributed by atoms with Crippen molar-refractivity contribution >= 4 is 5.97 Å². The van der Waals surface area contributed by atoms with Gasteiger partial charge in [0.05, 0.1) is 6.54 Å². The van der Waals surface area contributed by atoms with Crippen molar-refractivity contribution in [3.63, 3.8) is 0 Å². The molecular weight excluding hydrogens is 142 g/mol. The Morgan fingerprint density at radius 2 is 2.64 bits per heavy atom. The zero-order chi connectivity index (χ0) is 8.10. The van der Waals surface area contributed by atoms with Crippen molar-refractivity contribution in [2.45, 2.75) is 19.4 Å². The molecule has 1 heterocycles. The van der Waals surface area contributed by atoms with Gasteiger partial charge in [-0.1, -0.05) is 12.2 Å². The third-order valence-electron chi connectivity index (χ3n) is 1.64. The minimum Gasteiger partial charge on any atom is -0.463 e. The molecule has 0 bridgehead atoms. The van der Waals surface area contributed by atoms with Crippen LogP contribution in [0.1, 0.15) is 13.3 Å². The van der Waals surface area contributed by atoms with E-state index in [4.69, 9.17) is 4.74 Å². The first-order valence-electron chi connectivity index (χ1n) is 3.83. The van der Waals surface area contributed by atoms with Crippen LogP contribution in [-0.2, 0) is 9.53 Å². The van der Waals surface area contributed by atoms with Crippen molar-refractivity contribution in [2.24, 2.45) is 0 Å². The highest BCUT2D eigenvalue weighted by Gasteiger charge is 2.16. The number of carbonyl (C=O) groups excluding carboxylic acids is 1. The van der Waals surface area contributed by atoms with Gasteiger partial charge in [-0.3, -0.25) is 4.79 Å². The van der Waals surface area contributed by atoms with E-state index in [0.29, 0.717) is 19.2 Å². The molecule has 3 heteroatoms.